The number of rotatable bonds is 7. The lowest BCUT2D eigenvalue weighted by Crippen LogP contribution is -2.39. The van der Waals surface area contributed by atoms with Crippen molar-refractivity contribution in [2.75, 3.05) is 20.3 Å². The van der Waals surface area contributed by atoms with Crippen molar-refractivity contribution >= 4 is 11.8 Å². The quantitative estimate of drug-likeness (QED) is 0.768. The summed E-state index contributed by atoms with van der Waals surface area (Å²) in [5, 5.41) is 6.03. The van der Waals surface area contributed by atoms with Crippen molar-refractivity contribution in [2.45, 2.75) is 51.2 Å². The maximum atomic E-state index is 12.5. The Hall–Kier alpha value is -2.08. The maximum Gasteiger partial charge on any atom is 0.223 e. The number of hydrogen-bond acceptors (Lipinski definition) is 4. The highest BCUT2D eigenvalue weighted by atomic mass is 16.5. The van der Waals surface area contributed by atoms with Crippen LogP contribution in [0.1, 0.15) is 44.1 Å². The Kier molecular flexibility index (Phi) is 7.10. The fourth-order valence-electron chi connectivity index (χ4n) is 3.96. The average molecular weight is 374 g/mol. The number of para-hydroxylation sites is 1. The Morgan fingerprint density at radius 2 is 1.70 bits per heavy atom. The van der Waals surface area contributed by atoms with E-state index in [9.17, 15) is 9.59 Å². The molecule has 0 bridgehead atoms. The van der Waals surface area contributed by atoms with Crippen molar-refractivity contribution in [2.24, 2.45) is 11.8 Å². The van der Waals surface area contributed by atoms with Crippen LogP contribution in [0.2, 0.25) is 0 Å². The number of carbonyl (C=O) groups is 2. The van der Waals surface area contributed by atoms with Gasteiger partial charge >= 0.3 is 0 Å². The van der Waals surface area contributed by atoms with E-state index in [1.807, 2.05) is 24.3 Å². The van der Waals surface area contributed by atoms with Gasteiger partial charge in [-0.3, -0.25) is 9.59 Å². The second-order valence-electron chi connectivity index (χ2n) is 7.46. The van der Waals surface area contributed by atoms with E-state index >= 15 is 0 Å². The van der Waals surface area contributed by atoms with Crippen molar-refractivity contribution in [1.29, 1.82) is 0 Å². The van der Waals surface area contributed by atoms with Gasteiger partial charge in [0, 0.05) is 37.1 Å². The second kappa shape index (κ2) is 9.74. The van der Waals surface area contributed by atoms with Gasteiger partial charge in [0.05, 0.1) is 13.2 Å². The van der Waals surface area contributed by atoms with Gasteiger partial charge in [-0.15, -0.1) is 0 Å². The lowest BCUT2D eigenvalue weighted by molar-refractivity contribution is -0.130. The standard InChI is InChI=1S/C21H30N2O4/c1-26-19-7-3-2-5-17(19)13-22-20(24)15-8-10-16(11-9-15)21(25)23-14-18-6-4-12-27-18/h2-3,5,7,15-16,18H,4,6,8-14H2,1H3,(H,22,24)(H,23,25). The SMILES string of the molecule is COc1ccccc1CNC(=O)C1CCC(C(=O)NCC2CCCO2)CC1. The highest BCUT2D eigenvalue weighted by molar-refractivity contribution is 5.81. The molecule has 1 aromatic carbocycles. The van der Waals surface area contributed by atoms with Crippen LogP contribution in [0.15, 0.2) is 24.3 Å². The number of hydrogen-bond donors (Lipinski definition) is 2. The minimum atomic E-state index is -0.0121. The number of amides is 2. The Morgan fingerprint density at radius 1 is 1.04 bits per heavy atom. The first-order chi connectivity index (χ1) is 13.2. The van der Waals surface area contributed by atoms with Crippen molar-refractivity contribution in [3.8, 4) is 5.75 Å². The normalized spacial score (nSPS) is 25.0. The van der Waals surface area contributed by atoms with Gasteiger partial charge in [-0.1, -0.05) is 18.2 Å². The minimum absolute atomic E-state index is 0.0121. The van der Waals surface area contributed by atoms with Crippen LogP contribution in [0.25, 0.3) is 0 Å². The summed E-state index contributed by atoms with van der Waals surface area (Å²) in [6.07, 6.45) is 5.33. The van der Waals surface area contributed by atoms with Crippen molar-refractivity contribution in [3.05, 3.63) is 29.8 Å². The van der Waals surface area contributed by atoms with Crippen molar-refractivity contribution in [1.82, 2.24) is 10.6 Å². The topological polar surface area (TPSA) is 76.7 Å². The van der Waals surface area contributed by atoms with Gasteiger partial charge in [0.1, 0.15) is 5.75 Å². The van der Waals surface area contributed by atoms with Crippen LogP contribution < -0.4 is 15.4 Å². The third kappa shape index (κ3) is 5.45. The molecule has 2 fully saturated rings. The number of ether oxygens (including phenoxy) is 2. The molecular weight excluding hydrogens is 344 g/mol. The summed E-state index contributed by atoms with van der Waals surface area (Å²) in [5.74, 6) is 0.966. The molecule has 148 valence electrons. The van der Waals surface area contributed by atoms with Gasteiger partial charge < -0.3 is 20.1 Å². The highest BCUT2D eigenvalue weighted by Gasteiger charge is 2.30. The molecule has 1 unspecified atom stereocenters. The molecule has 6 heteroatoms. The maximum absolute atomic E-state index is 12.5. The highest BCUT2D eigenvalue weighted by Crippen LogP contribution is 2.29. The Labute approximate surface area is 161 Å². The smallest absolute Gasteiger partial charge is 0.223 e. The van der Waals surface area contributed by atoms with E-state index in [2.05, 4.69) is 10.6 Å². The molecule has 3 rings (SSSR count). The van der Waals surface area contributed by atoms with Crippen molar-refractivity contribution in [3.63, 3.8) is 0 Å². The third-order valence-electron chi connectivity index (χ3n) is 5.64. The molecule has 6 nitrogen and oxygen atoms in total. The van der Waals surface area contributed by atoms with Crippen LogP contribution in [-0.4, -0.2) is 38.2 Å². The predicted octanol–water partition coefficient (Wildman–Crippen LogP) is 2.41. The molecule has 1 atom stereocenters. The van der Waals surface area contributed by atoms with E-state index in [0.29, 0.717) is 13.1 Å². The average Bonchev–Trinajstić information content (AvgIpc) is 3.24. The lowest BCUT2D eigenvalue weighted by atomic mass is 9.81. The second-order valence-corrected chi connectivity index (χ2v) is 7.46. The molecule has 1 aliphatic heterocycles. The van der Waals surface area contributed by atoms with Crippen molar-refractivity contribution < 1.29 is 19.1 Å². The molecule has 0 spiro atoms. The third-order valence-corrected chi connectivity index (χ3v) is 5.64. The number of nitrogens with one attached hydrogen (secondary N) is 2. The summed E-state index contributed by atoms with van der Waals surface area (Å²) in [6, 6.07) is 7.69. The monoisotopic (exact) mass is 374 g/mol. The zero-order chi connectivity index (χ0) is 19.1. The molecule has 2 amide bonds. The summed E-state index contributed by atoms with van der Waals surface area (Å²) in [7, 11) is 1.63. The van der Waals surface area contributed by atoms with E-state index < -0.39 is 0 Å². The first-order valence-corrected chi connectivity index (χ1v) is 9.96. The van der Waals surface area contributed by atoms with Crippen LogP contribution in [0.3, 0.4) is 0 Å². The largest absolute Gasteiger partial charge is 0.496 e. The first kappa shape index (κ1) is 19.7. The Bertz CT molecular complexity index is 635. The first-order valence-electron chi connectivity index (χ1n) is 9.96. The molecular formula is C21H30N2O4. The molecule has 1 aliphatic carbocycles. The fraction of sp³-hybridized carbons (Fsp3) is 0.619. The van der Waals surface area contributed by atoms with Gasteiger partial charge in [0.15, 0.2) is 0 Å². The Balaban J connectivity index is 1.39. The van der Waals surface area contributed by atoms with E-state index in [0.717, 1.165) is 56.4 Å². The zero-order valence-corrected chi connectivity index (χ0v) is 16.0. The summed E-state index contributed by atoms with van der Waals surface area (Å²) in [5.41, 5.74) is 0.968. The van der Waals surface area contributed by atoms with Crippen LogP contribution in [0, 0.1) is 11.8 Å². The van der Waals surface area contributed by atoms with E-state index in [4.69, 9.17) is 9.47 Å². The molecule has 0 radical (unpaired) electrons. The molecule has 0 aromatic heterocycles. The molecule has 1 saturated heterocycles. The number of benzene rings is 1. The van der Waals surface area contributed by atoms with Gasteiger partial charge in [-0.25, -0.2) is 0 Å². The van der Waals surface area contributed by atoms with Gasteiger partial charge in [-0.2, -0.15) is 0 Å². The predicted molar refractivity (Wildman–Crippen MR) is 102 cm³/mol. The summed E-state index contributed by atoms with van der Waals surface area (Å²) in [4.78, 5) is 24.8. The summed E-state index contributed by atoms with van der Waals surface area (Å²) >= 11 is 0. The molecule has 2 aliphatic rings. The molecule has 1 saturated carbocycles. The number of methoxy groups -OCH3 is 1. The number of carbonyl (C=O) groups excluding carboxylic acids is 2. The lowest BCUT2D eigenvalue weighted by Gasteiger charge is -2.27. The van der Waals surface area contributed by atoms with Gasteiger partial charge in [0.25, 0.3) is 0 Å². The summed E-state index contributed by atoms with van der Waals surface area (Å²) in [6.45, 7) is 1.87. The van der Waals surface area contributed by atoms with Gasteiger partial charge in [-0.05, 0) is 44.6 Å². The van der Waals surface area contributed by atoms with Gasteiger partial charge in [0.2, 0.25) is 11.8 Å². The van der Waals surface area contributed by atoms with Crippen LogP contribution >= 0.6 is 0 Å². The van der Waals surface area contributed by atoms with E-state index in [1.165, 1.54) is 0 Å². The Morgan fingerprint density at radius 3 is 2.33 bits per heavy atom. The molecule has 27 heavy (non-hydrogen) atoms. The molecule has 1 heterocycles. The zero-order valence-electron chi connectivity index (χ0n) is 16.0. The van der Waals surface area contributed by atoms with E-state index in [-0.39, 0.29) is 29.8 Å². The van der Waals surface area contributed by atoms with E-state index in [1.54, 1.807) is 7.11 Å². The molecule has 1 aromatic rings. The molecule has 2 N–H and O–H groups in total. The summed E-state index contributed by atoms with van der Waals surface area (Å²) < 4.78 is 10.9. The van der Waals surface area contributed by atoms with Crippen LogP contribution in [-0.2, 0) is 20.9 Å². The minimum Gasteiger partial charge on any atom is -0.496 e. The van der Waals surface area contributed by atoms with Crippen LogP contribution in [0.5, 0.6) is 5.75 Å². The fourth-order valence-corrected chi connectivity index (χ4v) is 3.96. The van der Waals surface area contributed by atoms with Crippen LogP contribution in [0.4, 0.5) is 0 Å².